The number of ether oxygens (including phenoxy) is 1. The molecule has 1 aliphatic rings. The summed E-state index contributed by atoms with van der Waals surface area (Å²) in [6, 6.07) is 3.70. The van der Waals surface area contributed by atoms with Gasteiger partial charge in [-0.3, -0.25) is 9.69 Å². The summed E-state index contributed by atoms with van der Waals surface area (Å²) < 4.78 is 6.27. The number of carbonyl (C=O) groups excluding carboxylic acids is 1. The van der Waals surface area contributed by atoms with Crippen molar-refractivity contribution in [2.45, 2.75) is 0 Å². The van der Waals surface area contributed by atoms with E-state index in [2.05, 4.69) is 15.2 Å². The van der Waals surface area contributed by atoms with E-state index in [9.17, 15) is 4.79 Å². The third kappa shape index (κ3) is 3.52. The molecular formula is C14H16ClN3O2S. The lowest BCUT2D eigenvalue weighted by Crippen LogP contribution is -2.41. The van der Waals surface area contributed by atoms with Gasteiger partial charge in [-0.2, -0.15) is 0 Å². The normalized spacial score (nSPS) is 16.2. The van der Waals surface area contributed by atoms with Crippen LogP contribution in [0.2, 0.25) is 5.15 Å². The molecule has 7 heteroatoms. The lowest BCUT2D eigenvalue weighted by molar-refractivity contribution is 0.0383. The molecule has 5 nitrogen and oxygen atoms in total. The van der Waals surface area contributed by atoms with Crippen molar-refractivity contribution in [3.8, 4) is 0 Å². The third-order valence-corrected chi connectivity index (χ3v) is 4.61. The van der Waals surface area contributed by atoms with Crippen LogP contribution in [0.4, 0.5) is 0 Å². The van der Waals surface area contributed by atoms with Crippen molar-refractivity contribution in [3.05, 3.63) is 28.4 Å². The Bertz CT molecular complexity index is 640. The lowest BCUT2D eigenvalue weighted by atomic mass is 10.3. The van der Waals surface area contributed by atoms with Gasteiger partial charge in [0.05, 0.1) is 13.2 Å². The van der Waals surface area contributed by atoms with Crippen LogP contribution in [0, 0.1) is 0 Å². The first-order valence-electron chi connectivity index (χ1n) is 6.86. The quantitative estimate of drug-likeness (QED) is 0.874. The summed E-state index contributed by atoms with van der Waals surface area (Å²) in [5.74, 6) is -0.180. The van der Waals surface area contributed by atoms with Crippen LogP contribution in [-0.2, 0) is 4.74 Å². The van der Waals surface area contributed by atoms with Crippen LogP contribution in [0.5, 0.6) is 0 Å². The van der Waals surface area contributed by atoms with Gasteiger partial charge in [0, 0.05) is 36.3 Å². The summed E-state index contributed by atoms with van der Waals surface area (Å²) in [7, 11) is 0. The number of hydrogen-bond acceptors (Lipinski definition) is 5. The topological polar surface area (TPSA) is 54.5 Å². The minimum atomic E-state index is -0.180. The first-order chi connectivity index (χ1) is 10.2. The number of carbonyl (C=O) groups is 1. The summed E-state index contributed by atoms with van der Waals surface area (Å²) >= 11 is 7.65. The van der Waals surface area contributed by atoms with Gasteiger partial charge in [-0.1, -0.05) is 11.6 Å². The molecule has 2 aromatic heterocycles. The van der Waals surface area contributed by atoms with Gasteiger partial charge in [0.2, 0.25) is 0 Å². The van der Waals surface area contributed by atoms with Gasteiger partial charge in [-0.15, -0.1) is 11.3 Å². The maximum Gasteiger partial charge on any atom is 0.270 e. The Balaban J connectivity index is 1.58. The number of nitrogens with zero attached hydrogens (tertiary/aromatic N) is 2. The molecule has 0 atom stereocenters. The van der Waals surface area contributed by atoms with Crippen LogP contribution in [0.1, 0.15) is 10.5 Å². The molecule has 112 valence electrons. The van der Waals surface area contributed by atoms with Crippen LogP contribution in [0.3, 0.4) is 0 Å². The number of morpholine rings is 1. The van der Waals surface area contributed by atoms with Crippen molar-refractivity contribution in [2.24, 2.45) is 0 Å². The van der Waals surface area contributed by atoms with Gasteiger partial charge < -0.3 is 10.1 Å². The average Bonchev–Trinajstić information content (AvgIpc) is 2.97. The number of hydrogen-bond donors (Lipinski definition) is 1. The number of amides is 1. The van der Waals surface area contributed by atoms with Gasteiger partial charge >= 0.3 is 0 Å². The average molecular weight is 326 g/mol. The fraction of sp³-hybridized carbons (Fsp3) is 0.429. The van der Waals surface area contributed by atoms with Crippen LogP contribution < -0.4 is 5.32 Å². The zero-order valence-electron chi connectivity index (χ0n) is 11.5. The summed E-state index contributed by atoms with van der Waals surface area (Å²) in [5.41, 5.74) is 0.372. The molecule has 1 aliphatic heterocycles. The first kappa shape index (κ1) is 14.7. The fourth-order valence-electron chi connectivity index (χ4n) is 2.28. The molecule has 3 heterocycles. The maximum atomic E-state index is 12.1. The minimum Gasteiger partial charge on any atom is -0.379 e. The van der Waals surface area contributed by atoms with Crippen molar-refractivity contribution in [2.75, 3.05) is 39.4 Å². The first-order valence-corrected chi connectivity index (χ1v) is 8.12. The summed E-state index contributed by atoms with van der Waals surface area (Å²) in [4.78, 5) is 18.6. The van der Waals surface area contributed by atoms with Gasteiger partial charge in [0.1, 0.15) is 10.8 Å². The molecule has 0 spiro atoms. The van der Waals surface area contributed by atoms with Gasteiger partial charge in [0.15, 0.2) is 0 Å². The van der Waals surface area contributed by atoms with E-state index in [4.69, 9.17) is 16.3 Å². The maximum absolute atomic E-state index is 12.1. The Labute approximate surface area is 131 Å². The second-order valence-corrected chi connectivity index (χ2v) is 6.15. The third-order valence-electron chi connectivity index (χ3n) is 3.45. The Kier molecular flexibility index (Phi) is 4.70. The molecule has 1 saturated heterocycles. The van der Waals surface area contributed by atoms with Gasteiger partial charge in [0.25, 0.3) is 5.91 Å². The largest absolute Gasteiger partial charge is 0.379 e. The monoisotopic (exact) mass is 325 g/mol. The Morgan fingerprint density at radius 2 is 2.29 bits per heavy atom. The molecule has 0 unspecified atom stereocenters. The van der Waals surface area contributed by atoms with Crippen molar-refractivity contribution in [3.63, 3.8) is 0 Å². The van der Waals surface area contributed by atoms with E-state index in [1.54, 1.807) is 17.4 Å². The molecule has 1 fully saturated rings. The summed E-state index contributed by atoms with van der Waals surface area (Å²) in [5, 5.41) is 6.11. The second-order valence-electron chi connectivity index (χ2n) is 4.84. The van der Waals surface area contributed by atoms with Crippen LogP contribution >= 0.6 is 22.9 Å². The van der Waals surface area contributed by atoms with Gasteiger partial charge in [-0.25, -0.2) is 4.98 Å². The smallest absolute Gasteiger partial charge is 0.270 e. The van der Waals surface area contributed by atoms with Crippen LogP contribution in [-0.4, -0.2) is 55.2 Å². The molecule has 0 saturated carbocycles. The number of halogens is 1. The molecule has 3 rings (SSSR count). The van der Waals surface area contributed by atoms with E-state index in [0.717, 1.165) is 42.9 Å². The molecule has 0 bridgehead atoms. The van der Waals surface area contributed by atoms with Crippen LogP contribution in [0.25, 0.3) is 10.1 Å². The molecule has 0 aromatic carbocycles. The SMILES string of the molecule is O=C(NCCN1CCOCC1)c1cc2sccc2c(Cl)n1. The highest BCUT2D eigenvalue weighted by atomic mass is 35.5. The fourth-order valence-corrected chi connectivity index (χ4v) is 3.42. The minimum absolute atomic E-state index is 0.180. The van der Waals surface area contributed by atoms with E-state index in [0.29, 0.717) is 17.4 Å². The highest BCUT2D eigenvalue weighted by Gasteiger charge is 2.13. The molecule has 1 N–H and O–H groups in total. The summed E-state index contributed by atoms with van der Waals surface area (Å²) in [6.07, 6.45) is 0. The van der Waals surface area contributed by atoms with Crippen molar-refractivity contribution < 1.29 is 9.53 Å². The Morgan fingerprint density at radius 3 is 3.10 bits per heavy atom. The molecular weight excluding hydrogens is 310 g/mol. The lowest BCUT2D eigenvalue weighted by Gasteiger charge is -2.26. The number of fused-ring (bicyclic) bond motifs is 1. The van der Waals surface area contributed by atoms with E-state index >= 15 is 0 Å². The van der Waals surface area contributed by atoms with Crippen molar-refractivity contribution in [1.29, 1.82) is 0 Å². The number of pyridine rings is 1. The molecule has 21 heavy (non-hydrogen) atoms. The predicted octanol–water partition coefficient (Wildman–Crippen LogP) is 2.01. The predicted molar refractivity (Wildman–Crippen MR) is 84.2 cm³/mol. The van der Waals surface area contributed by atoms with E-state index in [1.807, 2.05) is 11.4 Å². The zero-order valence-corrected chi connectivity index (χ0v) is 13.0. The molecule has 1 amide bonds. The number of nitrogens with one attached hydrogen (secondary N) is 1. The number of thiophene rings is 1. The number of rotatable bonds is 4. The summed E-state index contributed by atoms with van der Waals surface area (Å²) in [6.45, 7) is 4.78. The molecule has 2 aromatic rings. The second kappa shape index (κ2) is 6.70. The molecule has 0 aliphatic carbocycles. The van der Waals surface area contributed by atoms with Crippen molar-refractivity contribution >= 4 is 38.9 Å². The zero-order chi connectivity index (χ0) is 14.7. The van der Waals surface area contributed by atoms with Crippen molar-refractivity contribution in [1.82, 2.24) is 15.2 Å². The number of aromatic nitrogens is 1. The standard InChI is InChI=1S/C14H16ClN3O2S/c15-13-10-1-8-21-12(10)9-11(17-13)14(19)16-2-3-18-4-6-20-7-5-18/h1,8-9H,2-7H2,(H,16,19). The Hall–Kier alpha value is -1.21. The van der Waals surface area contributed by atoms with E-state index in [1.165, 1.54) is 0 Å². The Morgan fingerprint density at radius 1 is 1.48 bits per heavy atom. The van der Waals surface area contributed by atoms with E-state index < -0.39 is 0 Å². The molecule has 0 radical (unpaired) electrons. The van der Waals surface area contributed by atoms with E-state index in [-0.39, 0.29) is 5.91 Å². The van der Waals surface area contributed by atoms with Gasteiger partial charge in [-0.05, 0) is 17.5 Å². The highest BCUT2D eigenvalue weighted by Crippen LogP contribution is 2.27. The van der Waals surface area contributed by atoms with Crippen LogP contribution in [0.15, 0.2) is 17.5 Å². The highest BCUT2D eigenvalue weighted by molar-refractivity contribution is 7.17.